The fourth-order valence-electron chi connectivity index (χ4n) is 1.39. The van der Waals surface area contributed by atoms with Crippen molar-refractivity contribution in [1.29, 1.82) is 0 Å². The number of carbonyl (C=O) groups excluding carboxylic acids is 1. The quantitative estimate of drug-likeness (QED) is 0.880. The lowest BCUT2D eigenvalue weighted by Crippen LogP contribution is -2.31. The number of hydrogen-bond donors (Lipinski definition) is 2. The van der Waals surface area contributed by atoms with Crippen molar-refractivity contribution < 1.29 is 9.90 Å². The molecule has 0 aromatic carbocycles. The van der Waals surface area contributed by atoms with Crippen LogP contribution in [-0.2, 0) is 11.2 Å². The van der Waals surface area contributed by atoms with Crippen LogP contribution >= 0.6 is 22.7 Å². The van der Waals surface area contributed by atoms with Gasteiger partial charge in [-0.05, 0) is 18.4 Å². The number of amides is 1. The fourth-order valence-corrected chi connectivity index (χ4v) is 3.02. The van der Waals surface area contributed by atoms with Crippen LogP contribution < -0.4 is 5.32 Å². The highest BCUT2D eigenvalue weighted by atomic mass is 32.1. The van der Waals surface area contributed by atoms with Crippen molar-refractivity contribution in [2.24, 2.45) is 0 Å². The van der Waals surface area contributed by atoms with Crippen LogP contribution in [0.1, 0.15) is 12.6 Å². The number of aliphatic hydroxyl groups excluding tert-OH is 1. The van der Waals surface area contributed by atoms with Crippen LogP contribution in [0.3, 0.4) is 0 Å². The van der Waals surface area contributed by atoms with Gasteiger partial charge < -0.3 is 10.4 Å². The van der Waals surface area contributed by atoms with Crippen LogP contribution in [0.5, 0.6) is 0 Å². The molecule has 0 spiro atoms. The van der Waals surface area contributed by atoms with E-state index in [-0.39, 0.29) is 18.9 Å². The predicted molar refractivity (Wildman–Crippen MR) is 73.8 cm³/mol. The van der Waals surface area contributed by atoms with Crippen LogP contribution in [0.2, 0.25) is 0 Å². The first-order valence-corrected chi connectivity index (χ1v) is 7.34. The summed E-state index contributed by atoms with van der Waals surface area (Å²) >= 11 is 3.18. The standard InChI is InChI=1S/C12H14N2O2S2/c1-8(15)6-13-11(16)5-9-7-18-12(14-9)10-3-2-4-17-10/h2-4,7-8,15H,5-6H2,1H3,(H,13,16). The molecular formula is C12H14N2O2S2. The average molecular weight is 282 g/mol. The van der Waals surface area contributed by atoms with Crippen molar-refractivity contribution in [3.05, 3.63) is 28.6 Å². The van der Waals surface area contributed by atoms with E-state index in [2.05, 4.69) is 10.3 Å². The Hall–Kier alpha value is -1.24. The molecule has 2 rings (SSSR count). The maximum atomic E-state index is 11.6. The second kappa shape index (κ2) is 6.08. The van der Waals surface area contributed by atoms with Gasteiger partial charge in [0.15, 0.2) is 0 Å². The van der Waals surface area contributed by atoms with E-state index in [0.29, 0.717) is 0 Å². The molecule has 0 aliphatic rings. The molecule has 2 aromatic heterocycles. The molecule has 0 aliphatic heterocycles. The third-order valence-electron chi connectivity index (χ3n) is 2.22. The molecule has 4 nitrogen and oxygen atoms in total. The van der Waals surface area contributed by atoms with Gasteiger partial charge in [0.25, 0.3) is 0 Å². The maximum Gasteiger partial charge on any atom is 0.226 e. The van der Waals surface area contributed by atoms with Gasteiger partial charge in [0.1, 0.15) is 5.01 Å². The Morgan fingerprint density at radius 1 is 1.56 bits per heavy atom. The number of hydrogen-bond acceptors (Lipinski definition) is 5. The van der Waals surface area contributed by atoms with E-state index in [1.807, 2.05) is 22.9 Å². The monoisotopic (exact) mass is 282 g/mol. The molecule has 96 valence electrons. The van der Waals surface area contributed by atoms with Gasteiger partial charge in [-0.15, -0.1) is 22.7 Å². The van der Waals surface area contributed by atoms with Crippen molar-refractivity contribution in [1.82, 2.24) is 10.3 Å². The van der Waals surface area contributed by atoms with Crippen LogP contribution in [0, 0.1) is 0 Å². The summed E-state index contributed by atoms with van der Waals surface area (Å²) in [6.45, 7) is 1.92. The summed E-state index contributed by atoms with van der Waals surface area (Å²) in [6.07, 6.45) is -0.264. The molecule has 0 saturated heterocycles. The average Bonchev–Trinajstić information content (AvgIpc) is 2.95. The van der Waals surface area contributed by atoms with E-state index in [0.717, 1.165) is 15.6 Å². The minimum absolute atomic E-state index is 0.112. The molecular weight excluding hydrogens is 268 g/mol. The summed E-state index contributed by atoms with van der Waals surface area (Å²) in [7, 11) is 0. The zero-order chi connectivity index (χ0) is 13.0. The third kappa shape index (κ3) is 3.63. The Balaban J connectivity index is 1.93. The topological polar surface area (TPSA) is 62.2 Å². The van der Waals surface area contributed by atoms with Crippen molar-refractivity contribution in [3.63, 3.8) is 0 Å². The van der Waals surface area contributed by atoms with Gasteiger partial charge >= 0.3 is 0 Å². The zero-order valence-corrected chi connectivity index (χ0v) is 11.6. The Bertz CT molecular complexity index is 506. The predicted octanol–water partition coefficient (Wildman–Crippen LogP) is 1.91. The van der Waals surface area contributed by atoms with Gasteiger partial charge in [0.05, 0.1) is 23.1 Å². The van der Waals surface area contributed by atoms with Gasteiger partial charge in [-0.2, -0.15) is 0 Å². The minimum Gasteiger partial charge on any atom is -0.392 e. The maximum absolute atomic E-state index is 11.6. The van der Waals surface area contributed by atoms with E-state index in [9.17, 15) is 4.79 Å². The Labute approximate surface area is 113 Å². The zero-order valence-electron chi connectivity index (χ0n) is 9.92. The lowest BCUT2D eigenvalue weighted by molar-refractivity contribution is -0.120. The van der Waals surface area contributed by atoms with Crippen molar-refractivity contribution in [2.45, 2.75) is 19.4 Å². The highest BCUT2D eigenvalue weighted by Gasteiger charge is 2.09. The van der Waals surface area contributed by atoms with E-state index in [4.69, 9.17) is 5.11 Å². The summed E-state index contributed by atoms with van der Waals surface area (Å²) in [5.74, 6) is -0.112. The Kier molecular flexibility index (Phi) is 4.46. The first-order valence-electron chi connectivity index (χ1n) is 5.58. The molecule has 0 bridgehead atoms. The summed E-state index contributed by atoms with van der Waals surface area (Å²) in [4.78, 5) is 17.1. The van der Waals surface area contributed by atoms with Crippen LogP contribution in [0.4, 0.5) is 0 Å². The van der Waals surface area contributed by atoms with Crippen molar-refractivity contribution in [2.75, 3.05) is 6.54 Å². The summed E-state index contributed by atoms with van der Waals surface area (Å²) in [5.41, 5.74) is 0.770. The number of rotatable bonds is 5. The molecule has 2 heterocycles. The fraction of sp³-hybridized carbons (Fsp3) is 0.333. The lowest BCUT2D eigenvalue weighted by Gasteiger charge is -2.05. The van der Waals surface area contributed by atoms with E-state index in [1.165, 1.54) is 0 Å². The first-order chi connectivity index (χ1) is 8.65. The Morgan fingerprint density at radius 2 is 2.39 bits per heavy atom. The van der Waals surface area contributed by atoms with E-state index < -0.39 is 6.10 Å². The smallest absolute Gasteiger partial charge is 0.226 e. The second-order valence-electron chi connectivity index (χ2n) is 3.95. The SMILES string of the molecule is CC(O)CNC(=O)Cc1csc(-c2cccs2)n1. The molecule has 1 amide bonds. The normalized spacial score (nSPS) is 12.3. The number of nitrogens with zero attached hydrogens (tertiary/aromatic N) is 1. The molecule has 1 atom stereocenters. The highest BCUT2D eigenvalue weighted by molar-refractivity contribution is 7.20. The molecule has 6 heteroatoms. The number of carbonyl (C=O) groups is 1. The lowest BCUT2D eigenvalue weighted by atomic mass is 10.3. The number of aliphatic hydroxyl groups is 1. The van der Waals surface area contributed by atoms with Crippen molar-refractivity contribution >= 4 is 28.6 Å². The Morgan fingerprint density at radius 3 is 3.06 bits per heavy atom. The largest absolute Gasteiger partial charge is 0.392 e. The van der Waals surface area contributed by atoms with Gasteiger partial charge in [0.2, 0.25) is 5.91 Å². The third-order valence-corrected chi connectivity index (χ3v) is 4.15. The number of thiophene rings is 1. The molecule has 0 radical (unpaired) electrons. The highest BCUT2D eigenvalue weighted by Crippen LogP contribution is 2.27. The van der Waals surface area contributed by atoms with Gasteiger partial charge in [-0.25, -0.2) is 4.98 Å². The molecule has 1 unspecified atom stereocenters. The van der Waals surface area contributed by atoms with Crippen molar-refractivity contribution in [3.8, 4) is 9.88 Å². The summed E-state index contributed by atoms with van der Waals surface area (Å²) < 4.78 is 0. The van der Waals surface area contributed by atoms with Gasteiger partial charge in [-0.3, -0.25) is 4.79 Å². The molecule has 0 aliphatic carbocycles. The molecule has 2 N–H and O–H groups in total. The number of aromatic nitrogens is 1. The van der Waals surface area contributed by atoms with Crippen LogP contribution in [0.15, 0.2) is 22.9 Å². The minimum atomic E-state index is -0.522. The van der Waals surface area contributed by atoms with E-state index >= 15 is 0 Å². The van der Waals surface area contributed by atoms with Crippen LogP contribution in [-0.4, -0.2) is 28.6 Å². The van der Waals surface area contributed by atoms with Gasteiger partial charge in [0, 0.05) is 11.9 Å². The molecule has 0 saturated carbocycles. The molecule has 0 fully saturated rings. The molecule has 2 aromatic rings. The first kappa shape index (κ1) is 13.2. The molecule has 18 heavy (non-hydrogen) atoms. The number of nitrogens with one attached hydrogen (secondary N) is 1. The summed E-state index contributed by atoms with van der Waals surface area (Å²) in [5, 5.41) is 16.6. The second-order valence-corrected chi connectivity index (χ2v) is 5.76. The summed E-state index contributed by atoms with van der Waals surface area (Å²) in [6, 6.07) is 4.00. The number of thiazole rings is 1. The van der Waals surface area contributed by atoms with Gasteiger partial charge in [-0.1, -0.05) is 6.07 Å². The van der Waals surface area contributed by atoms with E-state index in [1.54, 1.807) is 29.6 Å². The van der Waals surface area contributed by atoms with Crippen LogP contribution in [0.25, 0.3) is 9.88 Å².